The molecule has 0 aliphatic carbocycles. The van der Waals surface area contributed by atoms with Gasteiger partial charge in [-0.3, -0.25) is 0 Å². The molecule has 0 N–H and O–H groups in total. The molecule has 0 radical (unpaired) electrons. The van der Waals surface area contributed by atoms with Gasteiger partial charge in [0.15, 0.2) is 0 Å². The van der Waals surface area contributed by atoms with Crippen molar-refractivity contribution in [3.05, 3.63) is 83.9 Å². The number of hydrogen-bond acceptors (Lipinski definition) is 6. The minimum absolute atomic E-state index is 0.124. The van der Waals surface area contributed by atoms with Gasteiger partial charge in [-0.2, -0.15) is 0 Å². The predicted octanol–water partition coefficient (Wildman–Crippen LogP) is 10.1. The Balaban J connectivity index is 1.42. The maximum atomic E-state index is 12.5. The summed E-state index contributed by atoms with van der Waals surface area (Å²) in [6.07, 6.45) is 11.7. The number of ether oxygens (including phenoxy) is 4. The molecule has 0 fully saturated rings. The van der Waals surface area contributed by atoms with Gasteiger partial charge in [0.25, 0.3) is 0 Å². The summed E-state index contributed by atoms with van der Waals surface area (Å²) in [4.78, 5) is 25.1. The second-order valence-corrected chi connectivity index (χ2v) is 12.1. The standard InChI is InChI=1S/C40H54O6/c1-5-7-9-11-13-27-43-31(3)29-45-39(41)37-23-19-35(20-24-37)33-15-17-34(18-16-33)36-21-25-38(26-22-36)40(42)46-30-32(4)44-28-14-12-10-8-6-2/h15-26,31-32H,5-14,27-30H2,1-4H3. The quantitative estimate of drug-likeness (QED) is 0.0813. The van der Waals surface area contributed by atoms with Crippen LogP contribution in [-0.4, -0.2) is 50.6 Å². The van der Waals surface area contributed by atoms with E-state index in [2.05, 4.69) is 38.1 Å². The van der Waals surface area contributed by atoms with Crippen molar-refractivity contribution in [3.8, 4) is 22.3 Å². The van der Waals surface area contributed by atoms with E-state index in [1.54, 1.807) is 24.3 Å². The Morgan fingerprint density at radius 2 is 0.783 bits per heavy atom. The van der Waals surface area contributed by atoms with Gasteiger partial charge in [-0.1, -0.05) is 114 Å². The fourth-order valence-corrected chi connectivity index (χ4v) is 5.08. The molecule has 0 amide bonds. The van der Waals surface area contributed by atoms with Crippen LogP contribution in [0.25, 0.3) is 22.3 Å². The van der Waals surface area contributed by atoms with Crippen molar-refractivity contribution in [2.24, 2.45) is 0 Å². The molecule has 46 heavy (non-hydrogen) atoms. The van der Waals surface area contributed by atoms with Crippen LogP contribution in [-0.2, 0) is 18.9 Å². The summed E-state index contributed by atoms with van der Waals surface area (Å²) in [6, 6.07) is 23.1. The molecule has 3 aromatic carbocycles. The molecular weight excluding hydrogens is 576 g/mol. The van der Waals surface area contributed by atoms with Gasteiger partial charge in [0, 0.05) is 13.2 Å². The molecule has 3 aromatic rings. The zero-order valence-electron chi connectivity index (χ0n) is 28.4. The maximum absolute atomic E-state index is 12.5. The van der Waals surface area contributed by atoms with Crippen molar-refractivity contribution in [1.82, 2.24) is 0 Å². The number of rotatable bonds is 22. The highest BCUT2D eigenvalue weighted by Crippen LogP contribution is 2.26. The first-order valence-corrected chi connectivity index (χ1v) is 17.3. The number of esters is 2. The van der Waals surface area contributed by atoms with Crippen molar-refractivity contribution < 1.29 is 28.5 Å². The monoisotopic (exact) mass is 630 g/mol. The Labute approximate surface area is 276 Å². The summed E-state index contributed by atoms with van der Waals surface area (Å²) >= 11 is 0. The molecule has 0 saturated carbocycles. The van der Waals surface area contributed by atoms with Gasteiger partial charge < -0.3 is 18.9 Å². The molecule has 0 heterocycles. The van der Waals surface area contributed by atoms with E-state index < -0.39 is 0 Å². The Morgan fingerprint density at radius 1 is 0.478 bits per heavy atom. The zero-order chi connectivity index (χ0) is 33.0. The number of carbonyl (C=O) groups is 2. The molecule has 0 bridgehead atoms. The van der Waals surface area contributed by atoms with Crippen molar-refractivity contribution in [1.29, 1.82) is 0 Å². The minimum Gasteiger partial charge on any atom is -0.459 e. The molecule has 250 valence electrons. The van der Waals surface area contributed by atoms with E-state index >= 15 is 0 Å². The van der Waals surface area contributed by atoms with Gasteiger partial charge in [-0.15, -0.1) is 0 Å². The zero-order valence-corrected chi connectivity index (χ0v) is 28.4. The lowest BCUT2D eigenvalue weighted by atomic mass is 9.99. The van der Waals surface area contributed by atoms with Gasteiger partial charge in [-0.25, -0.2) is 9.59 Å². The molecule has 0 aromatic heterocycles. The summed E-state index contributed by atoms with van der Waals surface area (Å²) in [5.41, 5.74) is 5.15. The van der Waals surface area contributed by atoms with Gasteiger partial charge >= 0.3 is 11.9 Å². The van der Waals surface area contributed by atoms with E-state index in [1.807, 2.05) is 38.1 Å². The second kappa shape index (κ2) is 21.3. The number of hydrogen-bond donors (Lipinski definition) is 0. The minimum atomic E-state index is -0.344. The lowest BCUT2D eigenvalue weighted by molar-refractivity contribution is -0.00151. The highest BCUT2D eigenvalue weighted by atomic mass is 16.6. The van der Waals surface area contributed by atoms with Crippen LogP contribution in [0.5, 0.6) is 0 Å². The van der Waals surface area contributed by atoms with Gasteiger partial charge in [0.1, 0.15) is 13.2 Å². The largest absolute Gasteiger partial charge is 0.459 e. The van der Waals surface area contributed by atoms with Crippen LogP contribution in [0.3, 0.4) is 0 Å². The van der Waals surface area contributed by atoms with Crippen molar-refractivity contribution >= 4 is 11.9 Å². The second-order valence-electron chi connectivity index (χ2n) is 12.1. The van der Waals surface area contributed by atoms with Gasteiger partial charge in [0.2, 0.25) is 0 Å². The lowest BCUT2D eigenvalue weighted by Crippen LogP contribution is -2.19. The van der Waals surface area contributed by atoms with Crippen LogP contribution in [0.1, 0.15) is 113 Å². The molecule has 2 unspecified atom stereocenters. The number of unbranched alkanes of at least 4 members (excludes halogenated alkanes) is 8. The van der Waals surface area contributed by atoms with Crippen LogP contribution in [0.4, 0.5) is 0 Å². The van der Waals surface area contributed by atoms with Crippen molar-refractivity contribution in [2.75, 3.05) is 26.4 Å². The third kappa shape index (κ3) is 13.5. The average molecular weight is 631 g/mol. The molecule has 0 aliphatic rings. The first kappa shape index (κ1) is 37.0. The highest BCUT2D eigenvalue weighted by molar-refractivity contribution is 5.91. The SMILES string of the molecule is CCCCCCCOC(C)COC(=O)c1ccc(-c2ccc(-c3ccc(C(=O)OCC(C)OCCCCCCC)cc3)cc2)cc1. The molecule has 6 nitrogen and oxygen atoms in total. The van der Waals surface area contributed by atoms with Crippen LogP contribution in [0.2, 0.25) is 0 Å². The van der Waals surface area contributed by atoms with E-state index in [1.165, 1.54) is 51.4 Å². The Hall–Kier alpha value is -3.48. The Bertz CT molecular complexity index is 1170. The topological polar surface area (TPSA) is 71.1 Å². The molecule has 0 saturated heterocycles. The molecular formula is C40H54O6. The first-order valence-electron chi connectivity index (χ1n) is 17.3. The summed E-state index contributed by atoms with van der Waals surface area (Å²) in [7, 11) is 0. The number of benzene rings is 3. The molecule has 3 rings (SSSR count). The fraction of sp³-hybridized carbons (Fsp3) is 0.500. The third-order valence-electron chi connectivity index (χ3n) is 7.99. The Kier molecular flexibility index (Phi) is 17.2. The van der Waals surface area contributed by atoms with Crippen LogP contribution in [0, 0.1) is 0 Å². The van der Waals surface area contributed by atoms with Crippen LogP contribution >= 0.6 is 0 Å². The van der Waals surface area contributed by atoms with E-state index in [-0.39, 0.29) is 37.4 Å². The van der Waals surface area contributed by atoms with Gasteiger partial charge in [0.05, 0.1) is 23.3 Å². The Morgan fingerprint density at radius 3 is 1.11 bits per heavy atom. The number of carbonyl (C=O) groups excluding carboxylic acids is 2. The summed E-state index contributed by atoms with van der Waals surface area (Å²) < 4.78 is 22.5. The normalized spacial score (nSPS) is 12.4. The highest BCUT2D eigenvalue weighted by Gasteiger charge is 2.13. The summed E-state index contributed by atoms with van der Waals surface area (Å²) in [6.45, 7) is 10.2. The average Bonchev–Trinajstić information content (AvgIpc) is 3.09. The van der Waals surface area contributed by atoms with E-state index in [0.29, 0.717) is 24.3 Å². The van der Waals surface area contributed by atoms with Gasteiger partial charge in [-0.05, 0) is 73.2 Å². The van der Waals surface area contributed by atoms with E-state index in [4.69, 9.17) is 18.9 Å². The predicted molar refractivity (Wildman–Crippen MR) is 186 cm³/mol. The summed E-state index contributed by atoms with van der Waals surface area (Å²) in [5.74, 6) is -0.688. The maximum Gasteiger partial charge on any atom is 0.338 e. The molecule has 2 atom stereocenters. The first-order chi connectivity index (χ1) is 22.4. The smallest absolute Gasteiger partial charge is 0.338 e. The van der Waals surface area contributed by atoms with E-state index in [9.17, 15) is 9.59 Å². The third-order valence-corrected chi connectivity index (χ3v) is 7.99. The lowest BCUT2D eigenvalue weighted by Gasteiger charge is -2.14. The van der Waals surface area contributed by atoms with Crippen LogP contribution in [0.15, 0.2) is 72.8 Å². The molecule has 0 spiro atoms. The molecule has 6 heteroatoms. The van der Waals surface area contributed by atoms with Crippen LogP contribution < -0.4 is 0 Å². The van der Waals surface area contributed by atoms with Crippen molar-refractivity contribution in [3.63, 3.8) is 0 Å². The van der Waals surface area contributed by atoms with E-state index in [0.717, 1.165) is 35.1 Å². The van der Waals surface area contributed by atoms with Crippen molar-refractivity contribution in [2.45, 2.75) is 104 Å². The fourth-order valence-electron chi connectivity index (χ4n) is 5.08. The summed E-state index contributed by atoms with van der Waals surface area (Å²) in [5, 5.41) is 0. The molecule has 0 aliphatic heterocycles.